The van der Waals surface area contributed by atoms with Gasteiger partial charge in [-0.2, -0.15) is 0 Å². The van der Waals surface area contributed by atoms with Crippen LogP contribution >= 0.6 is 0 Å². The van der Waals surface area contributed by atoms with Crippen molar-refractivity contribution < 1.29 is 18.7 Å². The summed E-state index contributed by atoms with van der Waals surface area (Å²) in [6, 6.07) is 4.28. The number of halogens is 2. The second kappa shape index (κ2) is 4.25. The molecule has 17 heavy (non-hydrogen) atoms. The standard InChI is InChI=1S/C11H6F2N2O2/c12-7-2-1-6(3-8(7)13)9-4-10(11(16)17)15-5-14-9/h1-5H,(H,16,17)/p-1. The third-order valence-corrected chi connectivity index (χ3v) is 2.09. The molecule has 2 aromatic rings. The molecular formula is C11H5F2N2O2-. The zero-order valence-corrected chi connectivity index (χ0v) is 8.35. The van der Waals surface area contributed by atoms with Crippen molar-refractivity contribution in [2.24, 2.45) is 0 Å². The number of aromatic nitrogens is 2. The molecule has 1 heterocycles. The van der Waals surface area contributed by atoms with Gasteiger partial charge in [0.15, 0.2) is 11.6 Å². The molecule has 86 valence electrons. The lowest BCUT2D eigenvalue weighted by Crippen LogP contribution is -2.23. The number of carbonyl (C=O) groups excluding carboxylic acids is 1. The van der Waals surface area contributed by atoms with Crippen molar-refractivity contribution in [3.05, 3.63) is 47.9 Å². The fraction of sp³-hybridized carbons (Fsp3) is 0. The van der Waals surface area contributed by atoms with Crippen molar-refractivity contribution in [2.75, 3.05) is 0 Å². The van der Waals surface area contributed by atoms with Gasteiger partial charge in [-0.15, -0.1) is 0 Å². The first-order chi connectivity index (χ1) is 8.08. The highest BCUT2D eigenvalue weighted by Gasteiger charge is 2.06. The second-order valence-corrected chi connectivity index (χ2v) is 3.20. The van der Waals surface area contributed by atoms with Crippen molar-refractivity contribution in [1.29, 1.82) is 0 Å². The molecule has 0 fully saturated rings. The van der Waals surface area contributed by atoms with Crippen LogP contribution in [0.4, 0.5) is 8.78 Å². The van der Waals surface area contributed by atoms with Crippen molar-refractivity contribution in [3.8, 4) is 11.3 Å². The molecule has 0 aliphatic heterocycles. The molecule has 0 saturated heterocycles. The summed E-state index contributed by atoms with van der Waals surface area (Å²) < 4.78 is 25.7. The van der Waals surface area contributed by atoms with E-state index in [1.807, 2.05) is 0 Å². The van der Waals surface area contributed by atoms with Gasteiger partial charge < -0.3 is 9.90 Å². The van der Waals surface area contributed by atoms with E-state index in [0.29, 0.717) is 0 Å². The molecule has 0 amide bonds. The summed E-state index contributed by atoms with van der Waals surface area (Å²) in [7, 11) is 0. The van der Waals surface area contributed by atoms with Crippen molar-refractivity contribution in [2.45, 2.75) is 0 Å². The maximum atomic E-state index is 13.0. The minimum Gasteiger partial charge on any atom is -0.543 e. The predicted octanol–water partition coefficient (Wildman–Crippen LogP) is 0.785. The summed E-state index contributed by atoms with van der Waals surface area (Å²) in [6.45, 7) is 0. The largest absolute Gasteiger partial charge is 0.543 e. The van der Waals surface area contributed by atoms with Crippen LogP contribution in [0.5, 0.6) is 0 Å². The van der Waals surface area contributed by atoms with E-state index in [2.05, 4.69) is 9.97 Å². The minimum absolute atomic E-state index is 0.179. The number of hydrogen-bond acceptors (Lipinski definition) is 4. The molecule has 0 radical (unpaired) electrons. The molecule has 2 rings (SSSR count). The summed E-state index contributed by atoms with van der Waals surface area (Å²) in [6.07, 6.45) is 1.02. The summed E-state index contributed by atoms with van der Waals surface area (Å²) >= 11 is 0. The topological polar surface area (TPSA) is 65.9 Å². The molecule has 1 aromatic heterocycles. The van der Waals surface area contributed by atoms with Crippen molar-refractivity contribution in [3.63, 3.8) is 0 Å². The number of carbonyl (C=O) groups is 1. The Hall–Kier alpha value is -2.37. The first-order valence-electron chi connectivity index (χ1n) is 4.57. The second-order valence-electron chi connectivity index (χ2n) is 3.20. The Morgan fingerprint density at radius 1 is 1.12 bits per heavy atom. The molecule has 1 aromatic carbocycles. The normalized spacial score (nSPS) is 10.2. The number of aromatic carboxylic acids is 1. The maximum absolute atomic E-state index is 13.0. The number of carboxylic acids is 1. The van der Waals surface area contributed by atoms with Gasteiger partial charge in [-0.25, -0.2) is 18.7 Å². The Kier molecular flexibility index (Phi) is 2.78. The monoisotopic (exact) mass is 235 g/mol. The fourth-order valence-corrected chi connectivity index (χ4v) is 1.28. The first-order valence-corrected chi connectivity index (χ1v) is 4.57. The average molecular weight is 235 g/mol. The summed E-state index contributed by atoms with van der Waals surface area (Å²) in [5.41, 5.74) is 0.117. The summed E-state index contributed by atoms with van der Waals surface area (Å²) in [4.78, 5) is 17.8. The molecule has 0 spiro atoms. The van der Waals surface area contributed by atoms with E-state index < -0.39 is 17.6 Å². The van der Waals surface area contributed by atoms with E-state index in [-0.39, 0.29) is 17.0 Å². The Bertz CT molecular complexity index is 587. The molecule has 0 aliphatic rings. The van der Waals surface area contributed by atoms with E-state index in [1.54, 1.807) is 0 Å². The van der Waals surface area contributed by atoms with Gasteiger partial charge in [0.05, 0.1) is 17.4 Å². The third kappa shape index (κ3) is 2.25. The maximum Gasteiger partial charge on any atom is 0.159 e. The van der Waals surface area contributed by atoms with E-state index in [1.165, 1.54) is 6.07 Å². The van der Waals surface area contributed by atoms with Crippen molar-refractivity contribution >= 4 is 5.97 Å². The molecule has 0 N–H and O–H groups in total. The van der Waals surface area contributed by atoms with Gasteiger partial charge in [0.2, 0.25) is 0 Å². The van der Waals surface area contributed by atoms with Gasteiger partial charge in [-0.05, 0) is 24.3 Å². The third-order valence-electron chi connectivity index (χ3n) is 2.09. The molecule has 0 aliphatic carbocycles. The van der Waals surface area contributed by atoms with Crippen LogP contribution in [0.1, 0.15) is 10.5 Å². The number of hydrogen-bond donors (Lipinski definition) is 0. The highest BCUT2D eigenvalue weighted by Crippen LogP contribution is 2.19. The van der Waals surface area contributed by atoms with Gasteiger partial charge in [-0.3, -0.25) is 0 Å². The highest BCUT2D eigenvalue weighted by atomic mass is 19.2. The van der Waals surface area contributed by atoms with Crippen molar-refractivity contribution in [1.82, 2.24) is 9.97 Å². The number of nitrogens with zero attached hydrogens (tertiary/aromatic N) is 2. The Labute approximate surface area is 94.6 Å². The van der Waals surface area contributed by atoms with Gasteiger partial charge in [0.1, 0.15) is 6.33 Å². The fourth-order valence-electron chi connectivity index (χ4n) is 1.28. The Morgan fingerprint density at radius 3 is 2.53 bits per heavy atom. The van der Waals surface area contributed by atoms with Crippen LogP contribution in [0, 0.1) is 11.6 Å². The van der Waals surface area contributed by atoms with Gasteiger partial charge in [-0.1, -0.05) is 0 Å². The Balaban J connectivity index is 2.49. The van der Waals surface area contributed by atoms with Crippen LogP contribution in [0.15, 0.2) is 30.6 Å². The lowest BCUT2D eigenvalue weighted by Gasteiger charge is -2.04. The predicted molar refractivity (Wildman–Crippen MR) is 51.7 cm³/mol. The van der Waals surface area contributed by atoms with Gasteiger partial charge in [0, 0.05) is 5.56 Å². The Morgan fingerprint density at radius 2 is 1.88 bits per heavy atom. The lowest BCUT2D eigenvalue weighted by molar-refractivity contribution is -0.255. The van der Waals surface area contributed by atoms with Crippen LogP contribution in [0.3, 0.4) is 0 Å². The zero-order valence-electron chi connectivity index (χ0n) is 8.35. The zero-order chi connectivity index (χ0) is 12.4. The van der Waals surface area contributed by atoms with Crippen LogP contribution < -0.4 is 5.11 Å². The minimum atomic E-state index is -1.46. The van der Waals surface area contributed by atoms with Crippen LogP contribution in [-0.2, 0) is 0 Å². The number of benzene rings is 1. The first kappa shape index (κ1) is 11.1. The van der Waals surface area contributed by atoms with Crippen LogP contribution in [0.2, 0.25) is 0 Å². The van der Waals surface area contributed by atoms with E-state index in [4.69, 9.17) is 0 Å². The molecule has 0 unspecified atom stereocenters. The molecular weight excluding hydrogens is 230 g/mol. The number of rotatable bonds is 2. The molecule has 0 atom stereocenters. The smallest absolute Gasteiger partial charge is 0.159 e. The molecule has 0 saturated carbocycles. The summed E-state index contributed by atoms with van der Waals surface area (Å²) in [5.74, 6) is -3.48. The summed E-state index contributed by atoms with van der Waals surface area (Å²) in [5, 5.41) is 10.6. The SMILES string of the molecule is O=C([O-])c1cc(-c2ccc(F)c(F)c2)ncn1. The van der Waals surface area contributed by atoms with Crippen LogP contribution in [-0.4, -0.2) is 15.9 Å². The van der Waals surface area contributed by atoms with E-state index in [9.17, 15) is 18.7 Å². The molecule has 0 bridgehead atoms. The highest BCUT2D eigenvalue weighted by molar-refractivity contribution is 5.84. The average Bonchev–Trinajstić information content (AvgIpc) is 2.33. The van der Waals surface area contributed by atoms with E-state index >= 15 is 0 Å². The number of carboxylic acid groups (broad SMARTS) is 1. The van der Waals surface area contributed by atoms with Crippen LogP contribution in [0.25, 0.3) is 11.3 Å². The van der Waals surface area contributed by atoms with Gasteiger partial charge >= 0.3 is 0 Å². The van der Waals surface area contributed by atoms with E-state index in [0.717, 1.165) is 24.5 Å². The molecule has 6 heteroatoms. The lowest BCUT2D eigenvalue weighted by atomic mass is 10.1. The molecule has 4 nitrogen and oxygen atoms in total. The van der Waals surface area contributed by atoms with Gasteiger partial charge in [0.25, 0.3) is 0 Å². The quantitative estimate of drug-likeness (QED) is 0.771.